The minimum atomic E-state index is -0.265. The third-order valence-corrected chi connectivity index (χ3v) is 5.89. The highest BCUT2D eigenvalue weighted by Crippen LogP contribution is 2.30. The lowest BCUT2D eigenvalue weighted by molar-refractivity contribution is 0.0936. The number of benzene rings is 2. The number of hydrogen-bond acceptors (Lipinski definition) is 4. The summed E-state index contributed by atoms with van der Waals surface area (Å²) in [6, 6.07) is 11.7. The molecule has 0 bridgehead atoms. The minimum Gasteiger partial charge on any atom is -0.357 e. The highest BCUT2D eigenvalue weighted by atomic mass is 35.5. The number of nitrogens with one attached hydrogen (secondary N) is 2. The van der Waals surface area contributed by atoms with E-state index in [1.165, 1.54) is 23.5 Å². The molecule has 3 aromatic rings. The molecule has 0 aliphatic heterocycles. The van der Waals surface area contributed by atoms with E-state index >= 15 is 0 Å². The minimum absolute atomic E-state index is 0.00233. The number of aromatic nitrogens is 1. The molecule has 2 N–H and O–H groups in total. The summed E-state index contributed by atoms with van der Waals surface area (Å²) in [6.07, 6.45) is 2.86. The van der Waals surface area contributed by atoms with Crippen LogP contribution in [0.25, 0.3) is 10.2 Å². The Bertz CT molecular complexity index is 961. The molecule has 1 aliphatic rings. The lowest BCUT2D eigenvalue weighted by atomic mass is 10.1. The van der Waals surface area contributed by atoms with Crippen molar-refractivity contribution in [2.24, 2.45) is 0 Å². The number of fused-ring (bicyclic) bond motifs is 1. The maximum absolute atomic E-state index is 13.4. The fourth-order valence-electron chi connectivity index (χ4n) is 3.32. The van der Waals surface area contributed by atoms with Gasteiger partial charge in [-0.3, -0.25) is 4.79 Å². The monoisotopic (exact) mass is 389 g/mol. The zero-order valence-electron chi connectivity index (χ0n) is 13.8. The number of thiazole rings is 1. The van der Waals surface area contributed by atoms with Gasteiger partial charge in [0.05, 0.1) is 20.8 Å². The van der Waals surface area contributed by atoms with E-state index in [4.69, 9.17) is 11.6 Å². The van der Waals surface area contributed by atoms with Gasteiger partial charge >= 0.3 is 0 Å². The molecule has 0 unspecified atom stereocenters. The van der Waals surface area contributed by atoms with Gasteiger partial charge < -0.3 is 10.6 Å². The standard InChI is InChI=1S/C19H17ClFN3OS/c20-13-5-2-1-4-12(13)18(25)22-14-6-3-7-15(14)23-19-24-16-9-8-11(21)10-17(16)26-19/h1-2,4-5,8-10,14-15H,3,6-7H2,(H,22,25)(H,23,24)/t14-,15+/m1/s1. The quantitative estimate of drug-likeness (QED) is 0.670. The van der Waals surface area contributed by atoms with E-state index in [0.717, 1.165) is 34.6 Å². The van der Waals surface area contributed by atoms with Crippen molar-refractivity contribution in [3.63, 3.8) is 0 Å². The van der Waals surface area contributed by atoms with E-state index in [0.29, 0.717) is 10.6 Å². The van der Waals surface area contributed by atoms with Crippen LogP contribution in [0.4, 0.5) is 9.52 Å². The number of anilines is 1. The molecule has 4 nitrogen and oxygen atoms in total. The number of hydrogen-bond donors (Lipinski definition) is 2. The summed E-state index contributed by atoms with van der Waals surface area (Å²) in [6.45, 7) is 0. The van der Waals surface area contributed by atoms with Gasteiger partial charge in [0, 0.05) is 12.1 Å². The molecule has 0 spiro atoms. The Morgan fingerprint density at radius 1 is 1.19 bits per heavy atom. The van der Waals surface area contributed by atoms with Crippen molar-refractivity contribution in [3.8, 4) is 0 Å². The van der Waals surface area contributed by atoms with E-state index in [1.54, 1.807) is 30.3 Å². The molecule has 2 atom stereocenters. The van der Waals surface area contributed by atoms with Gasteiger partial charge in [-0.1, -0.05) is 35.1 Å². The molecule has 1 aromatic heterocycles. The van der Waals surface area contributed by atoms with Crippen LogP contribution in [0.15, 0.2) is 42.5 Å². The first kappa shape index (κ1) is 17.2. The largest absolute Gasteiger partial charge is 0.357 e. The normalized spacial score (nSPS) is 19.6. The van der Waals surface area contributed by atoms with Crippen LogP contribution in [-0.4, -0.2) is 23.0 Å². The topological polar surface area (TPSA) is 54.0 Å². The van der Waals surface area contributed by atoms with Crippen molar-refractivity contribution in [1.29, 1.82) is 0 Å². The van der Waals surface area contributed by atoms with Crippen molar-refractivity contribution in [3.05, 3.63) is 58.9 Å². The first-order valence-electron chi connectivity index (χ1n) is 8.48. The van der Waals surface area contributed by atoms with Crippen LogP contribution in [0.2, 0.25) is 5.02 Å². The Balaban J connectivity index is 1.47. The third-order valence-electron chi connectivity index (χ3n) is 4.61. The van der Waals surface area contributed by atoms with Gasteiger partial charge in [0.2, 0.25) is 0 Å². The molecule has 1 fully saturated rings. The van der Waals surface area contributed by atoms with Crippen molar-refractivity contribution in [1.82, 2.24) is 10.3 Å². The smallest absolute Gasteiger partial charge is 0.253 e. The Morgan fingerprint density at radius 3 is 2.85 bits per heavy atom. The van der Waals surface area contributed by atoms with Crippen molar-refractivity contribution >= 4 is 44.2 Å². The number of carbonyl (C=O) groups excluding carboxylic acids is 1. The lowest BCUT2D eigenvalue weighted by Crippen LogP contribution is -2.43. The summed E-state index contributed by atoms with van der Waals surface area (Å²) in [5.74, 6) is -0.431. The predicted molar refractivity (Wildman–Crippen MR) is 104 cm³/mol. The van der Waals surface area contributed by atoms with E-state index in [2.05, 4.69) is 15.6 Å². The highest BCUT2D eigenvalue weighted by Gasteiger charge is 2.29. The molecule has 4 rings (SSSR count). The zero-order valence-corrected chi connectivity index (χ0v) is 15.4. The Hall–Kier alpha value is -2.18. The molecular formula is C19H17ClFN3OS. The van der Waals surface area contributed by atoms with Crippen LogP contribution < -0.4 is 10.6 Å². The van der Waals surface area contributed by atoms with Crippen LogP contribution in [0.3, 0.4) is 0 Å². The maximum atomic E-state index is 13.4. The number of halogens is 2. The zero-order chi connectivity index (χ0) is 18.1. The lowest BCUT2D eigenvalue weighted by Gasteiger charge is -2.22. The summed E-state index contributed by atoms with van der Waals surface area (Å²) < 4.78 is 14.2. The second kappa shape index (κ2) is 7.21. The SMILES string of the molecule is O=C(N[C@@H]1CCC[C@@H]1Nc1nc2ccc(F)cc2s1)c1ccccc1Cl. The summed E-state index contributed by atoms with van der Waals surface area (Å²) in [7, 11) is 0. The van der Waals surface area contributed by atoms with Crippen LogP contribution >= 0.6 is 22.9 Å². The van der Waals surface area contributed by atoms with Gasteiger partial charge in [0.1, 0.15) is 5.82 Å². The molecular weight excluding hydrogens is 373 g/mol. The van der Waals surface area contributed by atoms with Crippen LogP contribution in [-0.2, 0) is 0 Å². The molecule has 1 amide bonds. The molecule has 0 saturated heterocycles. The van der Waals surface area contributed by atoms with Gasteiger partial charge in [0.25, 0.3) is 5.91 Å². The Morgan fingerprint density at radius 2 is 2.00 bits per heavy atom. The number of amides is 1. The fraction of sp³-hybridized carbons (Fsp3) is 0.263. The van der Waals surface area contributed by atoms with E-state index in [1.807, 2.05) is 0 Å². The average molecular weight is 390 g/mol. The van der Waals surface area contributed by atoms with Crippen LogP contribution in [0, 0.1) is 5.82 Å². The van der Waals surface area contributed by atoms with Gasteiger partial charge in [-0.25, -0.2) is 9.37 Å². The van der Waals surface area contributed by atoms with E-state index in [9.17, 15) is 9.18 Å². The summed E-state index contributed by atoms with van der Waals surface area (Å²) >= 11 is 7.54. The van der Waals surface area contributed by atoms with Crippen LogP contribution in [0.1, 0.15) is 29.6 Å². The third kappa shape index (κ3) is 3.52. The molecule has 26 heavy (non-hydrogen) atoms. The molecule has 1 aliphatic carbocycles. The molecule has 1 heterocycles. The summed E-state index contributed by atoms with van der Waals surface area (Å²) in [5.41, 5.74) is 1.25. The molecule has 0 radical (unpaired) electrons. The average Bonchev–Trinajstić information content (AvgIpc) is 3.21. The number of rotatable bonds is 4. The van der Waals surface area contributed by atoms with Gasteiger partial charge in [-0.15, -0.1) is 0 Å². The Kier molecular flexibility index (Phi) is 4.78. The molecule has 2 aromatic carbocycles. The van der Waals surface area contributed by atoms with E-state index in [-0.39, 0.29) is 23.8 Å². The maximum Gasteiger partial charge on any atom is 0.253 e. The fourth-order valence-corrected chi connectivity index (χ4v) is 4.49. The summed E-state index contributed by atoms with van der Waals surface area (Å²) in [4.78, 5) is 17.0. The molecule has 1 saturated carbocycles. The van der Waals surface area contributed by atoms with E-state index < -0.39 is 0 Å². The van der Waals surface area contributed by atoms with Crippen molar-refractivity contribution < 1.29 is 9.18 Å². The van der Waals surface area contributed by atoms with Gasteiger partial charge in [0.15, 0.2) is 5.13 Å². The first-order valence-corrected chi connectivity index (χ1v) is 9.67. The molecule has 7 heteroatoms. The molecule has 134 valence electrons. The van der Waals surface area contributed by atoms with Crippen LogP contribution in [0.5, 0.6) is 0 Å². The van der Waals surface area contributed by atoms with Gasteiger partial charge in [-0.05, 0) is 49.6 Å². The second-order valence-electron chi connectivity index (χ2n) is 6.37. The van der Waals surface area contributed by atoms with Gasteiger partial charge in [-0.2, -0.15) is 0 Å². The number of carbonyl (C=O) groups is 1. The summed E-state index contributed by atoms with van der Waals surface area (Å²) in [5, 5.41) is 7.68. The second-order valence-corrected chi connectivity index (χ2v) is 7.81. The van der Waals surface area contributed by atoms with Crippen molar-refractivity contribution in [2.45, 2.75) is 31.3 Å². The predicted octanol–water partition coefficient (Wildman–Crippen LogP) is 4.85. The number of nitrogens with zero attached hydrogens (tertiary/aromatic N) is 1. The Labute approximate surface area is 159 Å². The highest BCUT2D eigenvalue weighted by molar-refractivity contribution is 7.22. The first-order chi connectivity index (χ1) is 12.6. The van der Waals surface area contributed by atoms with Crippen molar-refractivity contribution in [2.75, 3.05) is 5.32 Å².